The van der Waals surface area contributed by atoms with Gasteiger partial charge in [0.15, 0.2) is 5.65 Å². The molecule has 174 valence electrons. The van der Waals surface area contributed by atoms with Gasteiger partial charge in [0.2, 0.25) is 0 Å². The number of H-pyrrole nitrogens is 1. The van der Waals surface area contributed by atoms with Gasteiger partial charge in [-0.3, -0.25) is 4.90 Å². The largest absolute Gasteiger partial charge is 0.493 e. The van der Waals surface area contributed by atoms with Crippen LogP contribution in [0.15, 0.2) is 36.8 Å². The van der Waals surface area contributed by atoms with E-state index >= 15 is 0 Å². The maximum absolute atomic E-state index is 9.98. The van der Waals surface area contributed by atoms with Crippen LogP contribution >= 0.6 is 0 Å². The molecule has 0 aliphatic carbocycles. The van der Waals surface area contributed by atoms with Crippen molar-refractivity contribution >= 4 is 16.6 Å². The molecule has 0 bridgehead atoms. The number of hydrogen-bond acceptors (Lipinski definition) is 5. The maximum Gasteiger partial charge on any atom is 0.158 e. The molecule has 4 aromatic rings. The van der Waals surface area contributed by atoms with Crippen LogP contribution in [-0.4, -0.2) is 61.4 Å². The minimum Gasteiger partial charge on any atom is -0.493 e. The molecule has 3 aromatic heterocycles. The Bertz CT molecular complexity index is 1290. The predicted molar refractivity (Wildman–Crippen MR) is 131 cm³/mol. The Hall–Kier alpha value is -2.90. The minimum absolute atomic E-state index is 0.345. The van der Waals surface area contributed by atoms with Crippen molar-refractivity contribution in [2.75, 3.05) is 26.2 Å². The van der Waals surface area contributed by atoms with Crippen LogP contribution in [0.1, 0.15) is 44.7 Å². The Morgan fingerprint density at radius 3 is 2.76 bits per heavy atom. The van der Waals surface area contributed by atoms with Crippen molar-refractivity contribution in [1.29, 1.82) is 0 Å². The quantitative estimate of drug-likeness (QED) is 0.439. The van der Waals surface area contributed by atoms with Crippen LogP contribution in [0, 0.1) is 12.8 Å². The van der Waals surface area contributed by atoms with Crippen molar-refractivity contribution in [3.8, 4) is 17.0 Å². The van der Waals surface area contributed by atoms with E-state index in [4.69, 9.17) is 4.74 Å². The number of aliphatic hydroxyl groups is 1. The van der Waals surface area contributed by atoms with E-state index in [1.54, 1.807) is 6.33 Å². The fraction of sp³-hybridized carbons (Fsp3) is 0.462. The third-order valence-corrected chi connectivity index (χ3v) is 6.36. The molecular weight excluding hydrogens is 414 g/mol. The predicted octanol–water partition coefficient (Wildman–Crippen LogP) is 4.39. The summed E-state index contributed by atoms with van der Waals surface area (Å²) in [7, 11) is 0. The first kappa shape index (κ1) is 21.9. The van der Waals surface area contributed by atoms with Gasteiger partial charge in [0, 0.05) is 48.2 Å². The molecule has 1 aliphatic rings. The van der Waals surface area contributed by atoms with Crippen LogP contribution < -0.4 is 4.74 Å². The zero-order chi connectivity index (χ0) is 23.3. The maximum atomic E-state index is 9.98. The van der Waals surface area contributed by atoms with E-state index in [1.165, 1.54) is 10.9 Å². The summed E-state index contributed by atoms with van der Waals surface area (Å²) < 4.78 is 8.03. The highest BCUT2D eigenvalue weighted by molar-refractivity contribution is 5.92. The number of ether oxygens (including phenoxy) is 1. The summed E-state index contributed by atoms with van der Waals surface area (Å²) in [5.41, 5.74) is 5.96. The number of aromatic amines is 1. The van der Waals surface area contributed by atoms with Crippen LogP contribution in [0.3, 0.4) is 0 Å². The Balaban J connectivity index is 1.39. The molecule has 1 fully saturated rings. The second kappa shape index (κ2) is 8.15. The topological polar surface area (TPSA) is 78.7 Å². The third-order valence-electron chi connectivity index (χ3n) is 6.36. The molecule has 7 nitrogen and oxygen atoms in total. The number of aryl methyl sites for hydroxylation is 1. The molecule has 0 atom stereocenters. The molecular formula is C26H33N5O2. The number of β-amino-alcohol motifs (C(OH)–C–C–N with tert-alkyl or cyclic N) is 1. The van der Waals surface area contributed by atoms with Gasteiger partial charge in [0.25, 0.3) is 0 Å². The molecule has 1 aromatic carbocycles. The molecule has 5 rings (SSSR count). The summed E-state index contributed by atoms with van der Waals surface area (Å²) in [5.74, 6) is 1.75. The SMILES string of the molecule is Cc1cc(-c2[nH]c3ccc(OCC4CN(CC(C)(C)O)C4)cc3c2C(C)C)cn2ncnc12. The van der Waals surface area contributed by atoms with Gasteiger partial charge in [0.05, 0.1) is 17.9 Å². The molecule has 1 aliphatic heterocycles. The van der Waals surface area contributed by atoms with Gasteiger partial charge in [-0.2, -0.15) is 5.10 Å². The lowest BCUT2D eigenvalue weighted by Gasteiger charge is -2.41. The van der Waals surface area contributed by atoms with Crippen molar-refractivity contribution < 1.29 is 9.84 Å². The average Bonchev–Trinajstić information content (AvgIpc) is 3.33. The molecule has 2 N–H and O–H groups in total. The number of nitrogens with one attached hydrogen (secondary N) is 1. The number of nitrogens with zero attached hydrogens (tertiary/aromatic N) is 4. The molecule has 0 amide bonds. The molecule has 0 saturated carbocycles. The van der Waals surface area contributed by atoms with Gasteiger partial charge in [-0.1, -0.05) is 13.8 Å². The standard InChI is InChI=1S/C26H33N5O2/c1-16(2)23-21-9-20(33-13-18-10-30(11-18)14-26(4,5)32)6-7-22(21)29-24(23)19-8-17(3)25-27-15-28-31(25)12-19/h6-9,12,15-16,18,29,32H,10-11,13-14H2,1-5H3. The van der Waals surface area contributed by atoms with Crippen LogP contribution in [-0.2, 0) is 0 Å². The molecule has 1 saturated heterocycles. The molecule has 0 spiro atoms. The number of hydrogen-bond donors (Lipinski definition) is 2. The van der Waals surface area contributed by atoms with Crippen molar-refractivity contribution in [2.45, 2.75) is 46.1 Å². The first-order chi connectivity index (χ1) is 15.7. The second-order valence-electron chi connectivity index (χ2n) is 10.4. The Labute approximate surface area is 194 Å². The Morgan fingerprint density at radius 1 is 1.24 bits per heavy atom. The summed E-state index contributed by atoms with van der Waals surface area (Å²) in [4.78, 5) is 10.3. The van der Waals surface area contributed by atoms with E-state index in [9.17, 15) is 5.11 Å². The highest BCUT2D eigenvalue weighted by atomic mass is 16.5. The smallest absolute Gasteiger partial charge is 0.158 e. The van der Waals surface area contributed by atoms with E-state index in [0.29, 0.717) is 25.0 Å². The highest BCUT2D eigenvalue weighted by Gasteiger charge is 2.31. The minimum atomic E-state index is -0.646. The number of rotatable bonds is 7. The fourth-order valence-corrected chi connectivity index (χ4v) is 5.01. The lowest BCUT2D eigenvalue weighted by atomic mass is 9.96. The highest BCUT2D eigenvalue weighted by Crippen LogP contribution is 2.37. The van der Waals surface area contributed by atoms with Crippen molar-refractivity contribution in [3.63, 3.8) is 0 Å². The van der Waals surface area contributed by atoms with E-state index in [-0.39, 0.29) is 0 Å². The third kappa shape index (κ3) is 4.35. The van der Waals surface area contributed by atoms with Crippen LogP contribution in [0.5, 0.6) is 5.75 Å². The summed E-state index contributed by atoms with van der Waals surface area (Å²) in [6, 6.07) is 8.50. The number of likely N-dealkylation sites (tertiary alicyclic amines) is 1. The van der Waals surface area contributed by atoms with E-state index in [2.05, 4.69) is 58.9 Å². The van der Waals surface area contributed by atoms with Gasteiger partial charge in [-0.05, 0) is 62.1 Å². The second-order valence-corrected chi connectivity index (χ2v) is 10.4. The molecule has 0 radical (unpaired) electrons. The number of pyridine rings is 1. The Morgan fingerprint density at radius 2 is 2.03 bits per heavy atom. The van der Waals surface area contributed by atoms with Crippen LogP contribution in [0.25, 0.3) is 27.8 Å². The average molecular weight is 448 g/mol. The van der Waals surface area contributed by atoms with Crippen LogP contribution in [0.2, 0.25) is 0 Å². The zero-order valence-corrected chi connectivity index (χ0v) is 20.1. The molecule has 7 heteroatoms. The van der Waals surface area contributed by atoms with Gasteiger partial charge >= 0.3 is 0 Å². The number of benzene rings is 1. The van der Waals surface area contributed by atoms with Gasteiger partial charge < -0.3 is 14.8 Å². The lowest BCUT2D eigenvalue weighted by molar-refractivity contribution is -0.0179. The van der Waals surface area contributed by atoms with E-state index < -0.39 is 5.60 Å². The van der Waals surface area contributed by atoms with E-state index in [1.807, 2.05) is 30.6 Å². The number of fused-ring (bicyclic) bond motifs is 2. The monoisotopic (exact) mass is 447 g/mol. The molecule has 0 unspecified atom stereocenters. The van der Waals surface area contributed by atoms with E-state index in [0.717, 1.165) is 46.8 Å². The molecule has 4 heterocycles. The summed E-state index contributed by atoms with van der Waals surface area (Å²) in [6.07, 6.45) is 3.63. The lowest BCUT2D eigenvalue weighted by Crippen LogP contribution is -2.53. The summed E-state index contributed by atoms with van der Waals surface area (Å²) in [6.45, 7) is 13.6. The first-order valence-electron chi connectivity index (χ1n) is 11.7. The Kier molecular flexibility index (Phi) is 5.41. The molecule has 33 heavy (non-hydrogen) atoms. The van der Waals surface area contributed by atoms with Gasteiger partial charge in [-0.15, -0.1) is 0 Å². The zero-order valence-electron chi connectivity index (χ0n) is 20.1. The van der Waals surface area contributed by atoms with Gasteiger partial charge in [-0.25, -0.2) is 9.50 Å². The van der Waals surface area contributed by atoms with Gasteiger partial charge in [0.1, 0.15) is 12.1 Å². The fourth-order valence-electron chi connectivity index (χ4n) is 5.01. The normalized spacial score (nSPS) is 15.6. The summed E-state index contributed by atoms with van der Waals surface area (Å²) in [5, 5.41) is 15.5. The van der Waals surface area contributed by atoms with Crippen molar-refractivity contribution in [1.82, 2.24) is 24.5 Å². The summed E-state index contributed by atoms with van der Waals surface area (Å²) >= 11 is 0. The van der Waals surface area contributed by atoms with Crippen molar-refractivity contribution in [2.24, 2.45) is 5.92 Å². The van der Waals surface area contributed by atoms with Crippen LogP contribution in [0.4, 0.5) is 0 Å². The van der Waals surface area contributed by atoms with Crippen molar-refractivity contribution in [3.05, 3.63) is 47.9 Å². The number of aromatic nitrogens is 4. The first-order valence-corrected chi connectivity index (χ1v) is 11.7.